The number of carboxylic acid groups (broad SMARTS) is 7. The molecule has 0 aromatic rings. The van der Waals surface area contributed by atoms with Gasteiger partial charge in [0.25, 0.3) is 0 Å². The van der Waals surface area contributed by atoms with Crippen LogP contribution in [0.4, 0.5) is 0 Å². The second kappa shape index (κ2) is 70.6. The SMILES string of the molecule is CCC(CO)(CO)COC(=O)CC(C)(C)CC(=O)O.CCC(CO)(CO)COC(=O)CC(C)CC(=O)O.CCC(CO)(CO)COC(=O)CC1(CC(=O)O)CCCC1.CCC(CO)(CO)COC(=O)CC1(CC(=O)O)CCCCC1.CCC(CO)(CO)COC(=O)CCC(C)(C)C(=O)O.CCC(CO)(CO)COC(=O)CCCC(=O)O.CCC(CO)(CO)COC(=O)COCC(=O)O. The summed E-state index contributed by atoms with van der Waals surface area (Å²) in [4.78, 5) is 155. The topological polar surface area (TPSA) is 738 Å². The van der Waals surface area contributed by atoms with Gasteiger partial charge in [-0.1, -0.05) is 101 Å². The molecular formula is C90H162O43. The van der Waals surface area contributed by atoms with Crippen molar-refractivity contribution in [3.8, 4) is 0 Å². The lowest BCUT2D eigenvalue weighted by molar-refractivity contribution is -0.158. The smallest absolute Gasteiger partial charge is 0.332 e. The highest BCUT2D eigenvalue weighted by Gasteiger charge is 2.42. The summed E-state index contributed by atoms with van der Waals surface area (Å²) < 4.78 is 39.7. The Labute approximate surface area is 779 Å². The standard InChI is InChI=1S/C16H28O6.C15H26O6.2C13H24O6.C12H22O6.C11H20O6.C10H18O7/c1-2-15(10-17,11-18)12-22-14(21)9-16(8-13(19)20)6-4-3-5-7-16;1-2-14(9-16,10-17)11-21-13(20)8-15(7-12(18)19)5-3-4-6-15;1-4-13(7-14,8-15)9-19-11(18)6-12(2,3)5-10(16)17;1-4-13(7-14,8-15)9-19-10(16)5-6-12(2,3)11(17)18;1-3-12(6-13,7-14)8-18-11(17)5-9(2)4-10(15)16;1-2-11(6-12,7-13)8-17-10(16)5-3-4-9(14)15;1-2-10(5-11,6-12)7-17-9(15)4-16-3-8(13)14/h17-18H,2-12H2,1H3,(H,19,20);16-17H,2-11H2,1H3,(H,18,19);14-15H,4-9H2,1-3H3,(H,16,17);14-15H,4-9H2,1-3H3,(H,17,18);9,13-14H,3-8H2,1-2H3,(H,15,16);12-13H,2-8H2,1H3,(H,14,15);11-12H,2-7H2,1H3,(H,13,14). The van der Waals surface area contributed by atoms with Gasteiger partial charge in [-0.3, -0.25) is 57.5 Å². The molecule has 0 aliphatic heterocycles. The minimum Gasteiger partial charge on any atom is -0.481 e. The maximum atomic E-state index is 12.1. The Morgan fingerprint density at radius 1 is 0.286 bits per heavy atom. The molecule has 0 spiro atoms. The van der Waals surface area contributed by atoms with Crippen LogP contribution < -0.4 is 0 Å². The van der Waals surface area contributed by atoms with Crippen LogP contribution in [0.3, 0.4) is 0 Å². The monoisotopic (exact) mass is 1930 g/mol. The number of aliphatic carboxylic acids is 7. The number of hydrogen-bond donors (Lipinski definition) is 21. The Morgan fingerprint density at radius 3 is 0.827 bits per heavy atom. The largest absolute Gasteiger partial charge is 0.481 e. The molecule has 1 unspecified atom stereocenters. The summed E-state index contributed by atoms with van der Waals surface area (Å²) >= 11 is 0. The molecule has 0 aromatic heterocycles. The highest BCUT2D eigenvalue weighted by atomic mass is 16.6. The highest BCUT2D eigenvalue weighted by Crippen LogP contribution is 2.45. The van der Waals surface area contributed by atoms with E-state index in [9.17, 15) is 108 Å². The van der Waals surface area contributed by atoms with Gasteiger partial charge in [0.2, 0.25) is 0 Å². The van der Waals surface area contributed by atoms with E-state index in [2.05, 4.69) is 4.74 Å². The first kappa shape index (κ1) is 133. The van der Waals surface area contributed by atoms with Gasteiger partial charge < -0.3 is 145 Å². The third kappa shape index (κ3) is 58.2. The number of aliphatic hydroxyl groups is 14. The van der Waals surface area contributed by atoms with E-state index < -0.39 is 156 Å². The number of carboxylic acids is 7. The molecular weight excluding hydrogens is 1770 g/mol. The Morgan fingerprint density at radius 2 is 0.564 bits per heavy atom. The van der Waals surface area contributed by atoms with Crippen molar-refractivity contribution in [1.29, 1.82) is 0 Å². The third-order valence-corrected chi connectivity index (χ3v) is 24.4. The van der Waals surface area contributed by atoms with Crippen LogP contribution >= 0.6 is 0 Å². The molecule has 2 saturated carbocycles. The van der Waals surface area contributed by atoms with E-state index >= 15 is 0 Å². The predicted octanol–water partition coefficient (Wildman–Crippen LogP) is 4.25. The maximum Gasteiger partial charge on any atom is 0.332 e. The van der Waals surface area contributed by atoms with Crippen molar-refractivity contribution in [2.75, 3.05) is 152 Å². The summed E-state index contributed by atoms with van der Waals surface area (Å²) in [6.45, 7) is 15.3. The van der Waals surface area contributed by atoms with Crippen LogP contribution in [-0.4, -0.2) is 343 Å². The highest BCUT2D eigenvalue weighted by molar-refractivity contribution is 5.77. The zero-order chi connectivity index (χ0) is 104. The number of carbonyl (C=O) groups is 14. The second-order valence-electron chi connectivity index (χ2n) is 36.7. The number of rotatable bonds is 63. The molecule has 0 bridgehead atoms. The summed E-state index contributed by atoms with van der Waals surface area (Å²) in [5.74, 6) is -10.8. The minimum atomic E-state index is -1.17. The summed E-state index contributed by atoms with van der Waals surface area (Å²) in [6, 6.07) is 0. The molecule has 780 valence electrons. The fourth-order valence-corrected chi connectivity index (χ4v) is 12.5. The molecule has 0 aromatic carbocycles. The maximum absolute atomic E-state index is 12.1. The molecule has 21 N–H and O–H groups in total. The zero-order valence-corrected chi connectivity index (χ0v) is 80.2. The lowest BCUT2D eigenvalue weighted by Gasteiger charge is -2.35. The average molecular weight is 1930 g/mol. The van der Waals surface area contributed by atoms with Gasteiger partial charge in [0.1, 0.15) is 59.5 Å². The van der Waals surface area contributed by atoms with Gasteiger partial charge in [-0.05, 0) is 119 Å². The Bertz CT molecular complexity index is 3180. The van der Waals surface area contributed by atoms with Gasteiger partial charge in [0, 0.05) is 32.1 Å². The average Bonchev–Trinajstić information content (AvgIpc) is 1.79. The van der Waals surface area contributed by atoms with E-state index in [-0.39, 0.29) is 228 Å². The molecule has 2 aliphatic rings. The van der Waals surface area contributed by atoms with Crippen molar-refractivity contribution in [3.05, 3.63) is 0 Å². The fraction of sp³-hybridized carbons (Fsp3) is 0.844. The minimum absolute atomic E-state index is 0.00402. The van der Waals surface area contributed by atoms with Gasteiger partial charge in [0.15, 0.2) is 0 Å². The van der Waals surface area contributed by atoms with Gasteiger partial charge in [0.05, 0.1) is 174 Å². The van der Waals surface area contributed by atoms with Crippen LogP contribution in [0, 0.1) is 65.5 Å². The molecule has 133 heavy (non-hydrogen) atoms. The van der Waals surface area contributed by atoms with Crippen LogP contribution in [-0.2, 0) is 105 Å². The van der Waals surface area contributed by atoms with Crippen LogP contribution in [0.1, 0.15) is 269 Å². The summed E-state index contributed by atoms with van der Waals surface area (Å²) in [7, 11) is 0. The van der Waals surface area contributed by atoms with E-state index in [0.717, 1.165) is 57.8 Å². The van der Waals surface area contributed by atoms with Gasteiger partial charge in [-0.15, -0.1) is 0 Å². The number of esters is 7. The number of aliphatic hydroxyl groups excluding tert-OH is 14. The van der Waals surface area contributed by atoms with Gasteiger partial charge in [-0.2, -0.15) is 0 Å². The molecule has 2 rings (SSSR count). The van der Waals surface area contributed by atoms with Crippen molar-refractivity contribution in [2.24, 2.45) is 65.5 Å². The summed E-state index contributed by atoms with van der Waals surface area (Å²) in [5, 5.41) is 190. The van der Waals surface area contributed by atoms with Crippen molar-refractivity contribution >= 4 is 83.6 Å². The second-order valence-corrected chi connectivity index (χ2v) is 36.7. The van der Waals surface area contributed by atoms with E-state index in [1.165, 1.54) is 0 Å². The number of carbonyl (C=O) groups excluding carboxylic acids is 7. The predicted molar refractivity (Wildman–Crippen MR) is 472 cm³/mol. The van der Waals surface area contributed by atoms with Crippen LogP contribution in [0.2, 0.25) is 0 Å². The van der Waals surface area contributed by atoms with Gasteiger partial charge in [-0.25, -0.2) is 9.59 Å². The first-order valence-electron chi connectivity index (χ1n) is 44.9. The lowest BCUT2D eigenvalue weighted by Crippen LogP contribution is -2.37. The van der Waals surface area contributed by atoms with Gasteiger partial charge >= 0.3 is 83.6 Å². The summed E-state index contributed by atoms with van der Waals surface area (Å²) in [6.07, 6.45) is 11.4. The first-order valence-corrected chi connectivity index (χ1v) is 44.9. The van der Waals surface area contributed by atoms with Crippen molar-refractivity contribution in [1.82, 2.24) is 0 Å². The van der Waals surface area contributed by atoms with E-state index in [1.807, 2.05) is 13.8 Å². The molecule has 2 aliphatic carbocycles. The molecule has 1 atom stereocenters. The van der Waals surface area contributed by atoms with Crippen LogP contribution in [0.25, 0.3) is 0 Å². The quantitative estimate of drug-likeness (QED) is 0.0299. The molecule has 43 nitrogen and oxygen atoms in total. The normalized spacial score (nSPS) is 13.9. The number of hydrogen-bond acceptors (Lipinski definition) is 36. The van der Waals surface area contributed by atoms with E-state index in [4.69, 9.17) is 99.5 Å². The lowest BCUT2D eigenvalue weighted by atomic mass is 9.69. The molecule has 0 radical (unpaired) electrons. The fourth-order valence-electron chi connectivity index (χ4n) is 12.5. The Balaban J connectivity index is -0.000000480. The third-order valence-electron chi connectivity index (χ3n) is 24.4. The van der Waals surface area contributed by atoms with Crippen molar-refractivity contribution in [3.63, 3.8) is 0 Å². The molecule has 0 amide bonds. The molecule has 43 heteroatoms. The van der Waals surface area contributed by atoms with Crippen molar-refractivity contribution < 1.29 is 212 Å². The Hall–Kier alpha value is -8.02. The molecule has 2 fully saturated rings. The van der Waals surface area contributed by atoms with Crippen LogP contribution in [0.5, 0.6) is 0 Å². The first-order chi connectivity index (χ1) is 62.1. The molecule has 0 saturated heterocycles. The van der Waals surface area contributed by atoms with Crippen LogP contribution in [0.15, 0.2) is 0 Å². The van der Waals surface area contributed by atoms with Crippen molar-refractivity contribution in [2.45, 2.75) is 269 Å². The zero-order valence-electron chi connectivity index (χ0n) is 80.2. The molecule has 0 heterocycles. The van der Waals surface area contributed by atoms with E-state index in [0.29, 0.717) is 44.9 Å². The Kier molecular flexibility index (Phi) is 70.8. The number of ether oxygens (including phenoxy) is 8. The van der Waals surface area contributed by atoms with E-state index in [1.54, 1.807) is 69.2 Å². The summed E-state index contributed by atoms with van der Waals surface area (Å²) in [5.41, 5.74) is -8.41.